The Bertz CT molecular complexity index is 298. The molecule has 0 unspecified atom stereocenters. The second-order valence-corrected chi connectivity index (χ2v) is 5.19. The monoisotopic (exact) mass is 236 g/mol. The first kappa shape index (κ1) is 14.1. The highest BCUT2D eigenvalue weighted by Gasteiger charge is 2.14. The van der Waals surface area contributed by atoms with E-state index < -0.39 is 0 Å². The molecule has 0 amide bonds. The van der Waals surface area contributed by atoms with Gasteiger partial charge < -0.3 is 10.5 Å². The third-order valence-electron chi connectivity index (χ3n) is 2.98. The number of hydrogen-bond acceptors (Lipinski definition) is 3. The first-order valence-electron chi connectivity index (χ1n) is 6.31. The average Bonchev–Trinajstić information content (AvgIpc) is 2.35. The van der Waals surface area contributed by atoms with E-state index in [0.29, 0.717) is 6.54 Å². The topological polar surface area (TPSA) is 48.1 Å². The van der Waals surface area contributed by atoms with Gasteiger partial charge in [0.1, 0.15) is 0 Å². The number of nitrogens with two attached hydrogens (primary N) is 1. The minimum Gasteiger partial charge on any atom is -0.381 e. The van der Waals surface area contributed by atoms with Crippen molar-refractivity contribution in [3.63, 3.8) is 0 Å². The van der Waals surface area contributed by atoms with E-state index in [9.17, 15) is 0 Å². The zero-order chi connectivity index (χ0) is 12.6. The molecule has 2 N–H and O–H groups in total. The molecule has 1 rings (SSSR count). The Labute approximate surface area is 104 Å². The summed E-state index contributed by atoms with van der Waals surface area (Å²) in [6.07, 6.45) is 6.81. The molecular weight excluding hydrogens is 212 g/mol. The largest absolute Gasteiger partial charge is 0.381 e. The molecule has 0 spiro atoms. The fraction of sp³-hybridized carbons (Fsp3) is 0.643. The minimum absolute atomic E-state index is 0.200. The van der Waals surface area contributed by atoms with Crippen molar-refractivity contribution in [3.8, 4) is 0 Å². The predicted octanol–water partition coefficient (Wildman–Crippen LogP) is 2.41. The van der Waals surface area contributed by atoms with E-state index in [1.165, 1.54) is 5.56 Å². The van der Waals surface area contributed by atoms with Crippen LogP contribution in [-0.2, 0) is 11.2 Å². The molecule has 0 aliphatic heterocycles. The zero-order valence-electron chi connectivity index (χ0n) is 11.0. The van der Waals surface area contributed by atoms with Gasteiger partial charge >= 0.3 is 0 Å². The summed E-state index contributed by atoms with van der Waals surface area (Å²) in [5, 5.41) is 0. The molecule has 0 atom stereocenters. The molecule has 0 saturated carbocycles. The van der Waals surface area contributed by atoms with Gasteiger partial charge in [0.05, 0.1) is 0 Å². The Morgan fingerprint density at radius 3 is 2.59 bits per heavy atom. The molecule has 3 nitrogen and oxygen atoms in total. The maximum absolute atomic E-state index is 5.66. The van der Waals surface area contributed by atoms with Crippen molar-refractivity contribution >= 4 is 0 Å². The molecule has 1 aromatic rings. The lowest BCUT2D eigenvalue weighted by Crippen LogP contribution is -2.25. The Morgan fingerprint density at radius 1 is 1.24 bits per heavy atom. The molecule has 0 fully saturated rings. The van der Waals surface area contributed by atoms with E-state index in [1.54, 1.807) is 0 Å². The second-order valence-electron chi connectivity index (χ2n) is 5.19. The smallest absolute Gasteiger partial charge is 0.0471 e. The molecule has 0 aromatic carbocycles. The summed E-state index contributed by atoms with van der Waals surface area (Å²) in [5.74, 6) is 0. The van der Waals surface area contributed by atoms with Gasteiger partial charge in [0.25, 0.3) is 0 Å². The average molecular weight is 236 g/mol. The van der Waals surface area contributed by atoms with Crippen LogP contribution in [0.1, 0.15) is 32.3 Å². The van der Waals surface area contributed by atoms with E-state index in [-0.39, 0.29) is 5.41 Å². The number of pyridine rings is 1. The predicted molar refractivity (Wildman–Crippen MR) is 70.8 cm³/mol. The zero-order valence-corrected chi connectivity index (χ0v) is 11.0. The van der Waals surface area contributed by atoms with Crippen LogP contribution in [0.15, 0.2) is 24.5 Å². The van der Waals surface area contributed by atoms with Gasteiger partial charge in [-0.25, -0.2) is 0 Å². The first-order valence-corrected chi connectivity index (χ1v) is 6.31. The third-order valence-corrected chi connectivity index (χ3v) is 2.98. The van der Waals surface area contributed by atoms with Gasteiger partial charge in [-0.2, -0.15) is 0 Å². The van der Waals surface area contributed by atoms with E-state index in [4.69, 9.17) is 10.5 Å². The molecular formula is C14H24N2O. The van der Waals surface area contributed by atoms with Crippen molar-refractivity contribution in [2.45, 2.75) is 33.1 Å². The molecule has 0 aliphatic rings. The lowest BCUT2D eigenvalue weighted by molar-refractivity contribution is 0.104. The number of ether oxygens (including phenoxy) is 1. The molecule has 17 heavy (non-hydrogen) atoms. The van der Waals surface area contributed by atoms with Gasteiger partial charge in [-0.1, -0.05) is 13.8 Å². The van der Waals surface area contributed by atoms with Crippen molar-refractivity contribution in [2.24, 2.45) is 11.1 Å². The number of rotatable bonds is 8. The van der Waals surface area contributed by atoms with Crippen LogP contribution in [0.5, 0.6) is 0 Å². The molecule has 0 saturated heterocycles. The summed E-state index contributed by atoms with van der Waals surface area (Å²) in [6.45, 7) is 6.69. The van der Waals surface area contributed by atoms with E-state index in [1.807, 2.05) is 12.4 Å². The number of aromatic nitrogens is 1. The van der Waals surface area contributed by atoms with E-state index in [2.05, 4.69) is 31.0 Å². The summed E-state index contributed by atoms with van der Waals surface area (Å²) in [4.78, 5) is 4.00. The van der Waals surface area contributed by atoms with Crippen molar-refractivity contribution in [1.82, 2.24) is 4.98 Å². The first-order chi connectivity index (χ1) is 8.14. The maximum Gasteiger partial charge on any atom is 0.0471 e. The summed E-state index contributed by atoms with van der Waals surface area (Å²) >= 11 is 0. The Morgan fingerprint density at radius 2 is 1.94 bits per heavy atom. The minimum atomic E-state index is 0.200. The molecule has 0 aliphatic carbocycles. The number of hydrogen-bond donors (Lipinski definition) is 1. The molecule has 1 aromatic heterocycles. The SMILES string of the molecule is CC(C)(CN)CCOCCCc1ccncc1. The Kier molecular flexibility index (Phi) is 6.16. The van der Waals surface area contributed by atoms with Crippen LogP contribution in [0, 0.1) is 5.41 Å². The second kappa shape index (κ2) is 7.41. The standard InChI is InChI=1S/C14H24N2O/c1-14(2,12-15)7-11-17-10-3-4-13-5-8-16-9-6-13/h5-6,8-9H,3-4,7,10-12,15H2,1-2H3. The molecule has 96 valence electrons. The van der Waals surface area contributed by atoms with Crippen molar-refractivity contribution in [2.75, 3.05) is 19.8 Å². The van der Waals surface area contributed by atoms with Crippen LogP contribution < -0.4 is 5.73 Å². The fourth-order valence-electron chi connectivity index (χ4n) is 1.48. The van der Waals surface area contributed by atoms with Crippen LogP contribution in [0.4, 0.5) is 0 Å². The van der Waals surface area contributed by atoms with Gasteiger partial charge in [0.15, 0.2) is 0 Å². The van der Waals surface area contributed by atoms with E-state index in [0.717, 1.165) is 32.5 Å². The van der Waals surface area contributed by atoms with Crippen molar-refractivity contribution < 1.29 is 4.74 Å². The van der Waals surface area contributed by atoms with E-state index >= 15 is 0 Å². The lowest BCUT2D eigenvalue weighted by atomic mass is 9.90. The van der Waals surface area contributed by atoms with Gasteiger partial charge in [-0.05, 0) is 48.9 Å². The quantitative estimate of drug-likeness (QED) is 0.705. The van der Waals surface area contributed by atoms with Crippen LogP contribution in [0.3, 0.4) is 0 Å². The Hall–Kier alpha value is -0.930. The van der Waals surface area contributed by atoms with Crippen molar-refractivity contribution in [1.29, 1.82) is 0 Å². The highest BCUT2D eigenvalue weighted by atomic mass is 16.5. The van der Waals surface area contributed by atoms with Gasteiger partial charge in [-0.3, -0.25) is 4.98 Å². The molecule has 1 heterocycles. The van der Waals surface area contributed by atoms with Crippen LogP contribution in [0.25, 0.3) is 0 Å². The summed E-state index contributed by atoms with van der Waals surface area (Å²) in [6, 6.07) is 4.11. The highest BCUT2D eigenvalue weighted by molar-refractivity contribution is 5.09. The molecule has 0 bridgehead atoms. The van der Waals surface area contributed by atoms with Gasteiger partial charge in [0, 0.05) is 25.6 Å². The normalized spacial score (nSPS) is 11.7. The fourth-order valence-corrected chi connectivity index (χ4v) is 1.48. The summed E-state index contributed by atoms with van der Waals surface area (Å²) in [7, 11) is 0. The van der Waals surface area contributed by atoms with Gasteiger partial charge in [-0.15, -0.1) is 0 Å². The van der Waals surface area contributed by atoms with Crippen LogP contribution in [0.2, 0.25) is 0 Å². The highest BCUT2D eigenvalue weighted by Crippen LogP contribution is 2.17. The molecule has 3 heteroatoms. The lowest BCUT2D eigenvalue weighted by Gasteiger charge is -2.21. The number of aryl methyl sites for hydroxylation is 1. The molecule has 0 radical (unpaired) electrons. The third kappa shape index (κ3) is 6.39. The van der Waals surface area contributed by atoms with Crippen LogP contribution in [-0.4, -0.2) is 24.7 Å². The maximum atomic E-state index is 5.66. The summed E-state index contributed by atoms with van der Waals surface area (Å²) < 4.78 is 5.62. The van der Waals surface area contributed by atoms with Crippen LogP contribution >= 0.6 is 0 Å². The van der Waals surface area contributed by atoms with Crippen molar-refractivity contribution in [3.05, 3.63) is 30.1 Å². The number of nitrogens with zero attached hydrogens (tertiary/aromatic N) is 1. The van der Waals surface area contributed by atoms with Gasteiger partial charge in [0.2, 0.25) is 0 Å². The Balaban J connectivity index is 2.02. The summed E-state index contributed by atoms with van der Waals surface area (Å²) in [5.41, 5.74) is 7.19.